The number of anilines is 2. The van der Waals surface area contributed by atoms with Crippen molar-refractivity contribution in [1.82, 2.24) is 19.9 Å². The van der Waals surface area contributed by atoms with E-state index in [0.29, 0.717) is 34.5 Å². The number of aromatic amines is 2. The SMILES string of the molecule is CCCc1cc(=O)[nH]c(SCC(=O)Nc2ccc(C(C)(C)c3ccc(NC(=O)CSc4nc(CCC)cc(=O)[nH]4)c(O)c3)cc2O)n1. The predicted molar refractivity (Wildman–Crippen MR) is 185 cm³/mol. The average molecular weight is 679 g/mol. The lowest BCUT2D eigenvalue weighted by molar-refractivity contribution is -0.114. The van der Waals surface area contributed by atoms with Crippen molar-refractivity contribution in [3.63, 3.8) is 0 Å². The fraction of sp³-hybridized carbons (Fsp3) is 0.333. The number of aromatic nitrogens is 4. The van der Waals surface area contributed by atoms with Crippen LogP contribution < -0.4 is 21.8 Å². The van der Waals surface area contributed by atoms with Gasteiger partial charge in [0.2, 0.25) is 11.8 Å². The zero-order valence-corrected chi connectivity index (χ0v) is 28.2. The molecular formula is C33H38N6O6S2. The van der Waals surface area contributed by atoms with Gasteiger partial charge in [-0.05, 0) is 48.2 Å². The third kappa shape index (κ3) is 9.72. The van der Waals surface area contributed by atoms with Gasteiger partial charge in [-0.2, -0.15) is 0 Å². The number of hydrogen-bond acceptors (Lipinski definition) is 10. The molecule has 0 aliphatic rings. The van der Waals surface area contributed by atoms with Crippen LogP contribution in [0.1, 0.15) is 63.1 Å². The summed E-state index contributed by atoms with van der Waals surface area (Å²) in [4.78, 5) is 63.0. The van der Waals surface area contributed by atoms with Gasteiger partial charge in [0, 0.05) is 28.9 Å². The number of carbonyl (C=O) groups excluding carboxylic acids is 2. The molecule has 4 rings (SSSR count). The second-order valence-corrected chi connectivity index (χ2v) is 13.3. The van der Waals surface area contributed by atoms with Crippen LogP contribution in [-0.2, 0) is 27.8 Å². The van der Waals surface area contributed by atoms with Crippen LogP contribution in [0.3, 0.4) is 0 Å². The first kappa shape index (κ1) is 35.3. The molecule has 14 heteroatoms. The molecule has 248 valence electrons. The van der Waals surface area contributed by atoms with Crippen LogP contribution in [0.25, 0.3) is 0 Å². The summed E-state index contributed by atoms with van der Waals surface area (Å²) < 4.78 is 0. The molecule has 12 nitrogen and oxygen atoms in total. The van der Waals surface area contributed by atoms with Gasteiger partial charge in [-0.1, -0.05) is 76.2 Å². The van der Waals surface area contributed by atoms with E-state index in [-0.39, 0.29) is 57.3 Å². The van der Waals surface area contributed by atoms with Gasteiger partial charge in [0.25, 0.3) is 11.1 Å². The maximum Gasteiger partial charge on any atom is 0.251 e. The average Bonchev–Trinajstić information content (AvgIpc) is 3.01. The van der Waals surface area contributed by atoms with Crippen molar-refractivity contribution in [2.45, 2.75) is 69.1 Å². The fourth-order valence-corrected chi connectivity index (χ4v) is 6.12. The lowest BCUT2D eigenvalue weighted by Gasteiger charge is -2.27. The van der Waals surface area contributed by atoms with Gasteiger partial charge in [-0.25, -0.2) is 9.97 Å². The molecule has 0 atom stereocenters. The molecule has 0 aliphatic heterocycles. The molecule has 0 bridgehead atoms. The maximum absolute atomic E-state index is 12.6. The highest BCUT2D eigenvalue weighted by Gasteiger charge is 2.26. The molecule has 47 heavy (non-hydrogen) atoms. The number of carbonyl (C=O) groups is 2. The minimum atomic E-state index is -0.673. The Morgan fingerprint density at radius 2 is 1.13 bits per heavy atom. The van der Waals surface area contributed by atoms with E-state index < -0.39 is 5.41 Å². The number of aryl methyl sites for hydroxylation is 2. The van der Waals surface area contributed by atoms with Gasteiger partial charge in [0.05, 0.1) is 22.9 Å². The monoisotopic (exact) mass is 678 g/mol. The lowest BCUT2D eigenvalue weighted by Crippen LogP contribution is -2.20. The minimum absolute atomic E-state index is 0.0192. The molecule has 0 fully saturated rings. The number of phenols is 2. The summed E-state index contributed by atoms with van der Waals surface area (Å²) in [6.07, 6.45) is 3.02. The Balaban J connectivity index is 1.37. The number of H-pyrrole nitrogens is 2. The molecular weight excluding hydrogens is 641 g/mol. The Morgan fingerprint density at radius 1 is 0.723 bits per heavy atom. The van der Waals surface area contributed by atoms with Crippen LogP contribution in [-0.4, -0.2) is 53.5 Å². The number of amides is 2. The van der Waals surface area contributed by atoms with Crippen molar-refractivity contribution >= 4 is 46.7 Å². The molecule has 2 aromatic heterocycles. The van der Waals surface area contributed by atoms with Crippen LogP contribution >= 0.6 is 23.5 Å². The molecule has 2 heterocycles. The smallest absolute Gasteiger partial charge is 0.251 e. The van der Waals surface area contributed by atoms with Crippen molar-refractivity contribution in [3.8, 4) is 11.5 Å². The normalized spacial score (nSPS) is 11.3. The van der Waals surface area contributed by atoms with Crippen molar-refractivity contribution in [1.29, 1.82) is 0 Å². The topological polar surface area (TPSA) is 190 Å². The van der Waals surface area contributed by atoms with E-state index in [1.807, 2.05) is 27.7 Å². The standard InChI is InChI=1S/C33H38N6O6S2/c1-5-7-21-15-27(42)38-31(34-21)46-17-29(44)36-23-11-9-19(13-25(23)40)33(3,4)20-10-12-24(26(41)14-20)37-30(45)18-47-32-35-22(8-6-2)16-28(43)39-32/h9-16,40-41H,5-8,17-18H2,1-4H3,(H,36,44)(H,37,45)(H,34,38,42)(H,35,39,43). The second kappa shape index (κ2) is 15.8. The van der Waals surface area contributed by atoms with Crippen molar-refractivity contribution in [2.24, 2.45) is 0 Å². The molecule has 0 radical (unpaired) electrons. The van der Waals surface area contributed by atoms with Gasteiger partial charge >= 0.3 is 0 Å². The highest BCUT2D eigenvalue weighted by Crippen LogP contribution is 2.38. The molecule has 0 saturated heterocycles. The van der Waals surface area contributed by atoms with E-state index in [0.717, 1.165) is 47.5 Å². The first-order chi connectivity index (χ1) is 22.4. The number of benzene rings is 2. The highest BCUT2D eigenvalue weighted by atomic mass is 32.2. The van der Waals surface area contributed by atoms with Crippen LogP contribution in [0.5, 0.6) is 11.5 Å². The molecule has 0 aliphatic carbocycles. The number of phenolic OH excluding ortho intramolecular Hbond substituents is 2. The summed E-state index contributed by atoms with van der Waals surface area (Å²) in [7, 11) is 0. The van der Waals surface area contributed by atoms with E-state index in [9.17, 15) is 29.4 Å². The summed E-state index contributed by atoms with van der Waals surface area (Å²) in [5, 5.41) is 27.6. The van der Waals surface area contributed by atoms with Crippen molar-refractivity contribution in [3.05, 3.63) is 91.8 Å². The molecule has 4 aromatic rings. The van der Waals surface area contributed by atoms with E-state index >= 15 is 0 Å². The largest absolute Gasteiger partial charge is 0.506 e. The quantitative estimate of drug-likeness (QED) is 0.0604. The Labute approximate surface area is 280 Å². The molecule has 2 amide bonds. The number of nitrogens with one attached hydrogen (secondary N) is 4. The lowest BCUT2D eigenvalue weighted by atomic mass is 9.78. The number of nitrogens with zero attached hydrogens (tertiary/aromatic N) is 2. The van der Waals surface area contributed by atoms with E-state index in [2.05, 4.69) is 30.6 Å². The van der Waals surface area contributed by atoms with Crippen LogP contribution in [0.15, 0.2) is 68.4 Å². The second-order valence-electron chi connectivity index (χ2n) is 11.3. The molecule has 6 N–H and O–H groups in total. The number of aromatic hydroxyl groups is 2. The van der Waals surface area contributed by atoms with Gasteiger partial charge in [0.1, 0.15) is 11.5 Å². The minimum Gasteiger partial charge on any atom is -0.506 e. The summed E-state index contributed by atoms with van der Waals surface area (Å²) >= 11 is 2.19. The van der Waals surface area contributed by atoms with Crippen molar-refractivity contribution < 1.29 is 19.8 Å². The Morgan fingerprint density at radius 3 is 1.49 bits per heavy atom. The Bertz CT molecular complexity index is 1740. The third-order valence-corrected chi connectivity index (χ3v) is 8.97. The maximum atomic E-state index is 12.6. The van der Waals surface area contributed by atoms with Gasteiger partial charge in [-0.3, -0.25) is 19.2 Å². The molecule has 0 unspecified atom stereocenters. The summed E-state index contributed by atoms with van der Waals surface area (Å²) in [5.74, 6) is -1.06. The predicted octanol–water partition coefficient (Wildman–Crippen LogP) is 4.96. The highest BCUT2D eigenvalue weighted by molar-refractivity contribution is 8.00. The third-order valence-electron chi connectivity index (χ3n) is 7.23. The zero-order chi connectivity index (χ0) is 34.1. The van der Waals surface area contributed by atoms with Crippen LogP contribution in [0, 0.1) is 0 Å². The number of thioether (sulfide) groups is 2. The first-order valence-electron chi connectivity index (χ1n) is 15.1. The fourth-order valence-electron chi connectivity index (χ4n) is 4.73. The van der Waals surface area contributed by atoms with Gasteiger partial charge in [-0.15, -0.1) is 0 Å². The first-order valence-corrected chi connectivity index (χ1v) is 17.1. The Kier molecular flexibility index (Phi) is 11.9. The molecule has 0 spiro atoms. The van der Waals surface area contributed by atoms with Crippen LogP contribution in [0.2, 0.25) is 0 Å². The van der Waals surface area contributed by atoms with Crippen LogP contribution in [0.4, 0.5) is 11.4 Å². The van der Waals surface area contributed by atoms with Gasteiger partial charge in [0.15, 0.2) is 10.3 Å². The number of hydrogen-bond donors (Lipinski definition) is 6. The summed E-state index contributed by atoms with van der Waals surface area (Å²) in [6.45, 7) is 7.82. The van der Waals surface area contributed by atoms with E-state index in [1.54, 1.807) is 36.4 Å². The van der Waals surface area contributed by atoms with E-state index in [1.165, 1.54) is 12.1 Å². The molecule has 2 aromatic carbocycles. The van der Waals surface area contributed by atoms with E-state index in [4.69, 9.17) is 0 Å². The zero-order valence-electron chi connectivity index (χ0n) is 26.6. The van der Waals surface area contributed by atoms with Gasteiger partial charge < -0.3 is 30.8 Å². The molecule has 0 saturated carbocycles. The summed E-state index contributed by atoms with van der Waals surface area (Å²) in [5.41, 5.74) is 2.01. The van der Waals surface area contributed by atoms with Crippen molar-refractivity contribution in [2.75, 3.05) is 22.1 Å². The Hall–Kier alpha value is -4.56. The number of rotatable bonds is 14. The summed E-state index contributed by atoms with van der Waals surface area (Å²) in [6, 6.07) is 12.7.